The topological polar surface area (TPSA) is 68.3 Å². The van der Waals surface area contributed by atoms with Gasteiger partial charge >= 0.3 is 0 Å². The van der Waals surface area contributed by atoms with Gasteiger partial charge in [0.25, 0.3) is 5.91 Å². The van der Waals surface area contributed by atoms with E-state index in [2.05, 4.69) is 10.3 Å². The van der Waals surface area contributed by atoms with Gasteiger partial charge < -0.3 is 4.18 Å². The molecule has 3 rings (SSSR count). The summed E-state index contributed by atoms with van der Waals surface area (Å²) in [6.45, 7) is 0. The Morgan fingerprint density at radius 2 is 1.92 bits per heavy atom. The van der Waals surface area contributed by atoms with E-state index in [9.17, 15) is 13.4 Å². The Kier molecular flexibility index (Phi) is 4.97. The van der Waals surface area contributed by atoms with Crippen LogP contribution in [0.5, 0.6) is 5.75 Å². The van der Waals surface area contributed by atoms with Crippen LogP contribution in [0.25, 0.3) is 0 Å². The number of thiazole rings is 1. The summed E-state index contributed by atoms with van der Waals surface area (Å²) >= 11 is -0.808. The smallest absolute Gasteiger partial charge is 0.261 e. The van der Waals surface area contributed by atoms with Crippen molar-refractivity contribution in [1.82, 2.24) is 4.98 Å². The number of hydrogen-bond acceptors (Lipinski definition) is 5. The Hall–Kier alpha value is -2.58. The Bertz CT molecular complexity index is 885. The number of carbonyl (C=O) groups excluding carboxylic acids is 1. The Morgan fingerprint density at radius 1 is 1.17 bits per heavy atom. The lowest BCUT2D eigenvalue weighted by atomic mass is 10.2. The number of para-hydroxylation sites is 1. The van der Waals surface area contributed by atoms with E-state index < -0.39 is 22.8 Å². The van der Waals surface area contributed by atoms with Gasteiger partial charge in [0.15, 0.2) is 10.9 Å². The number of hydrogen-bond donors (Lipinski definition) is 1. The van der Waals surface area contributed by atoms with Crippen LogP contribution in [0.15, 0.2) is 65.0 Å². The fourth-order valence-electron chi connectivity index (χ4n) is 1.88. The SMILES string of the molecule is O=C(Nc1nccs1)c1ccccc1OS(=O)c1ccccc1F. The van der Waals surface area contributed by atoms with Crippen molar-refractivity contribution in [3.05, 3.63) is 71.5 Å². The molecule has 1 heterocycles. The number of rotatable bonds is 5. The van der Waals surface area contributed by atoms with E-state index in [0.29, 0.717) is 5.13 Å². The molecule has 1 unspecified atom stereocenters. The first kappa shape index (κ1) is 16.3. The lowest BCUT2D eigenvalue weighted by Gasteiger charge is -2.10. The number of carbonyl (C=O) groups is 1. The van der Waals surface area contributed by atoms with Crippen molar-refractivity contribution < 1.29 is 17.6 Å². The molecule has 1 N–H and O–H groups in total. The molecule has 0 radical (unpaired) electrons. The van der Waals surface area contributed by atoms with Gasteiger partial charge in [0, 0.05) is 11.6 Å². The van der Waals surface area contributed by atoms with Gasteiger partial charge in [-0.25, -0.2) is 13.6 Å². The molecule has 0 aliphatic carbocycles. The van der Waals surface area contributed by atoms with E-state index in [0.717, 1.165) is 0 Å². The fourth-order valence-corrected chi connectivity index (χ4v) is 3.22. The number of aromatic nitrogens is 1. The Balaban J connectivity index is 1.83. The monoisotopic (exact) mass is 362 g/mol. The second-order valence-electron chi connectivity index (χ2n) is 4.54. The van der Waals surface area contributed by atoms with Crippen LogP contribution in [0.3, 0.4) is 0 Å². The van der Waals surface area contributed by atoms with Crippen LogP contribution < -0.4 is 9.50 Å². The highest BCUT2D eigenvalue weighted by molar-refractivity contribution is 7.80. The summed E-state index contributed by atoms with van der Waals surface area (Å²) in [5, 5.41) is 4.78. The van der Waals surface area contributed by atoms with Gasteiger partial charge in [-0.15, -0.1) is 11.3 Å². The number of nitrogens with one attached hydrogen (secondary N) is 1. The quantitative estimate of drug-likeness (QED) is 0.752. The van der Waals surface area contributed by atoms with E-state index >= 15 is 0 Å². The first-order valence-electron chi connectivity index (χ1n) is 6.79. The lowest BCUT2D eigenvalue weighted by Crippen LogP contribution is -2.14. The normalized spacial score (nSPS) is 11.7. The van der Waals surface area contributed by atoms with Gasteiger partial charge in [0.1, 0.15) is 10.7 Å². The van der Waals surface area contributed by atoms with Gasteiger partial charge in [-0.2, -0.15) is 0 Å². The van der Waals surface area contributed by atoms with Crippen molar-refractivity contribution >= 4 is 33.5 Å². The molecule has 2 aromatic carbocycles. The fraction of sp³-hybridized carbons (Fsp3) is 0. The highest BCUT2D eigenvalue weighted by Gasteiger charge is 2.18. The molecule has 1 aromatic heterocycles. The molecule has 0 fully saturated rings. The molecule has 0 bridgehead atoms. The van der Waals surface area contributed by atoms with Crippen LogP contribution in [-0.4, -0.2) is 15.1 Å². The first-order valence-corrected chi connectivity index (χ1v) is 8.75. The molecule has 24 heavy (non-hydrogen) atoms. The van der Waals surface area contributed by atoms with Crippen LogP contribution >= 0.6 is 11.3 Å². The van der Waals surface area contributed by atoms with E-state index in [-0.39, 0.29) is 16.2 Å². The summed E-state index contributed by atoms with van der Waals surface area (Å²) < 4.78 is 31.2. The van der Waals surface area contributed by atoms with Crippen LogP contribution in [0.1, 0.15) is 10.4 Å². The zero-order valence-corrected chi connectivity index (χ0v) is 13.8. The number of benzene rings is 2. The molecular weight excluding hydrogens is 351 g/mol. The molecule has 1 amide bonds. The Morgan fingerprint density at radius 3 is 2.67 bits per heavy atom. The molecule has 122 valence electrons. The second kappa shape index (κ2) is 7.33. The zero-order valence-electron chi connectivity index (χ0n) is 12.1. The van der Waals surface area contributed by atoms with E-state index in [1.165, 1.54) is 41.7 Å². The molecule has 8 heteroatoms. The summed E-state index contributed by atoms with van der Waals surface area (Å²) in [7, 11) is 0. The molecule has 5 nitrogen and oxygen atoms in total. The molecule has 0 spiro atoms. The minimum absolute atomic E-state index is 0.0902. The summed E-state index contributed by atoms with van der Waals surface area (Å²) in [6.07, 6.45) is 1.57. The van der Waals surface area contributed by atoms with Gasteiger partial charge in [0.2, 0.25) is 11.1 Å². The van der Waals surface area contributed by atoms with Crippen molar-refractivity contribution in [3.63, 3.8) is 0 Å². The van der Waals surface area contributed by atoms with Crippen LogP contribution in [0.4, 0.5) is 9.52 Å². The highest BCUT2D eigenvalue weighted by Crippen LogP contribution is 2.23. The number of amides is 1. The van der Waals surface area contributed by atoms with Crippen molar-refractivity contribution in [3.8, 4) is 5.75 Å². The van der Waals surface area contributed by atoms with Gasteiger partial charge in [-0.1, -0.05) is 24.3 Å². The Labute approximate surface area is 143 Å². The van der Waals surface area contributed by atoms with Gasteiger partial charge in [-0.3, -0.25) is 10.1 Å². The minimum Gasteiger partial charge on any atom is -0.396 e. The van der Waals surface area contributed by atoms with E-state index in [4.69, 9.17) is 4.18 Å². The standard InChI is InChI=1S/C16H11FN2O3S2/c17-12-6-2-4-8-14(12)24(21)22-13-7-3-1-5-11(13)15(20)19-16-18-9-10-23-16/h1-10H,(H,18,19,20). The highest BCUT2D eigenvalue weighted by atomic mass is 32.2. The predicted octanol–water partition coefficient (Wildman–Crippen LogP) is 3.64. The van der Waals surface area contributed by atoms with Gasteiger partial charge in [0.05, 0.1) is 5.56 Å². The molecule has 0 saturated heterocycles. The molecule has 1 atom stereocenters. The number of anilines is 1. The summed E-state index contributed by atoms with van der Waals surface area (Å²) in [6, 6.07) is 11.9. The summed E-state index contributed by atoms with van der Waals surface area (Å²) in [4.78, 5) is 16.2. The van der Waals surface area contributed by atoms with Crippen molar-refractivity contribution in [2.75, 3.05) is 5.32 Å². The summed E-state index contributed by atoms with van der Waals surface area (Å²) in [5.41, 5.74) is 0.178. The number of halogens is 1. The average Bonchev–Trinajstić information content (AvgIpc) is 3.08. The third-order valence-corrected chi connectivity index (χ3v) is 4.68. The van der Waals surface area contributed by atoms with Crippen molar-refractivity contribution in [2.24, 2.45) is 0 Å². The first-order chi connectivity index (χ1) is 11.6. The maximum absolute atomic E-state index is 13.7. The van der Waals surface area contributed by atoms with Crippen molar-refractivity contribution in [2.45, 2.75) is 4.90 Å². The molecule has 0 aliphatic rings. The third kappa shape index (κ3) is 3.66. The third-order valence-electron chi connectivity index (χ3n) is 2.97. The van der Waals surface area contributed by atoms with E-state index in [1.54, 1.807) is 29.8 Å². The lowest BCUT2D eigenvalue weighted by molar-refractivity contribution is 0.102. The van der Waals surface area contributed by atoms with Gasteiger partial charge in [-0.05, 0) is 24.3 Å². The minimum atomic E-state index is -2.08. The maximum atomic E-state index is 13.7. The van der Waals surface area contributed by atoms with Crippen LogP contribution in [0.2, 0.25) is 0 Å². The van der Waals surface area contributed by atoms with Crippen molar-refractivity contribution in [1.29, 1.82) is 0 Å². The number of nitrogens with zero attached hydrogens (tertiary/aromatic N) is 1. The summed E-state index contributed by atoms with van der Waals surface area (Å²) in [5.74, 6) is -1.00. The zero-order chi connectivity index (χ0) is 16.9. The average molecular weight is 362 g/mol. The molecule has 3 aromatic rings. The molecule has 0 saturated carbocycles. The maximum Gasteiger partial charge on any atom is 0.261 e. The van der Waals surface area contributed by atoms with Crippen LogP contribution in [0, 0.1) is 5.82 Å². The van der Waals surface area contributed by atoms with Crippen LogP contribution in [-0.2, 0) is 11.1 Å². The predicted molar refractivity (Wildman–Crippen MR) is 89.9 cm³/mol. The van der Waals surface area contributed by atoms with E-state index in [1.807, 2.05) is 0 Å². The second-order valence-corrected chi connectivity index (χ2v) is 6.51. The largest absolute Gasteiger partial charge is 0.396 e. The molecule has 0 aliphatic heterocycles. The molecular formula is C16H11FN2O3S2.